The zero-order valence-electron chi connectivity index (χ0n) is 24.3. The zero-order valence-corrected chi connectivity index (χ0v) is 24.3. The van der Waals surface area contributed by atoms with Gasteiger partial charge in [-0.15, -0.1) is 0 Å². The Morgan fingerprint density at radius 3 is 2.53 bits per heavy atom. The minimum atomic E-state index is -0.241. The molecule has 5 unspecified atom stereocenters. The highest BCUT2D eigenvalue weighted by Crippen LogP contribution is 2.68. The first-order chi connectivity index (χ1) is 16.9. The minimum Gasteiger partial charge on any atom is -0.393 e. The molecular formula is C31H57N2O3+. The van der Waals surface area contributed by atoms with Crippen LogP contribution in [0, 0.1) is 46.3 Å². The molecule has 4 fully saturated rings. The standard InChI is InChI=1S/C31H56N2O3/c1-7-33(5,6)18-8-17-32-29(36)14-9-21(2)25-12-13-26-24-11-10-22-19-23(34)15-16-30(22,3)27(24)20-28(35)31(25,26)4/h21-28,34-35H,7-20H2,1-6H3/p+1/t21?,22?,23-,24?,25-,26?,27?,28+,30+,31-/m1/s1. The van der Waals surface area contributed by atoms with Crippen LogP contribution in [0.4, 0.5) is 0 Å². The fraction of sp³-hybridized carbons (Fsp3) is 0.968. The molecule has 0 saturated heterocycles. The molecule has 0 aromatic heterocycles. The Bertz CT molecular complexity index is 771. The highest BCUT2D eigenvalue weighted by molar-refractivity contribution is 5.75. The van der Waals surface area contributed by atoms with Crippen molar-refractivity contribution in [2.45, 2.75) is 111 Å². The predicted octanol–water partition coefficient (Wildman–Crippen LogP) is 5.00. The topological polar surface area (TPSA) is 69.6 Å². The average molecular weight is 506 g/mol. The van der Waals surface area contributed by atoms with Gasteiger partial charge in [0, 0.05) is 19.4 Å². The van der Waals surface area contributed by atoms with E-state index in [0.29, 0.717) is 36.0 Å². The summed E-state index contributed by atoms with van der Waals surface area (Å²) in [6, 6.07) is 0. The molecule has 10 atom stereocenters. The number of amides is 1. The normalized spacial score (nSPS) is 43.3. The summed E-state index contributed by atoms with van der Waals surface area (Å²) >= 11 is 0. The van der Waals surface area contributed by atoms with Crippen molar-refractivity contribution in [3.63, 3.8) is 0 Å². The van der Waals surface area contributed by atoms with Crippen LogP contribution in [0.3, 0.4) is 0 Å². The molecule has 0 bridgehead atoms. The summed E-state index contributed by atoms with van der Waals surface area (Å²) < 4.78 is 1.00. The fourth-order valence-electron chi connectivity index (χ4n) is 9.70. The monoisotopic (exact) mass is 505 g/mol. The van der Waals surface area contributed by atoms with Gasteiger partial charge in [-0.1, -0.05) is 20.8 Å². The zero-order chi connectivity index (χ0) is 26.3. The van der Waals surface area contributed by atoms with Gasteiger partial charge < -0.3 is 20.0 Å². The van der Waals surface area contributed by atoms with Crippen molar-refractivity contribution in [1.82, 2.24) is 5.32 Å². The van der Waals surface area contributed by atoms with Gasteiger partial charge in [0.05, 0.1) is 39.4 Å². The molecule has 0 aromatic rings. The number of rotatable bonds is 9. The Balaban J connectivity index is 1.33. The molecule has 0 radical (unpaired) electrons. The Kier molecular flexibility index (Phi) is 8.54. The number of hydrogen-bond acceptors (Lipinski definition) is 3. The molecule has 4 rings (SSSR count). The molecule has 0 aromatic carbocycles. The molecule has 0 aliphatic heterocycles. The minimum absolute atomic E-state index is 0.0158. The van der Waals surface area contributed by atoms with Gasteiger partial charge in [-0.2, -0.15) is 0 Å². The first-order valence-corrected chi connectivity index (χ1v) is 15.4. The van der Waals surface area contributed by atoms with E-state index < -0.39 is 0 Å². The summed E-state index contributed by atoms with van der Waals surface area (Å²) in [6.45, 7) is 12.4. The van der Waals surface area contributed by atoms with Gasteiger partial charge in [-0.3, -0.25) is 4.79 Å². The average Bonchev–Trinajstić information content (AvgIpc) is 3.20. The van der Waals surface area contributed by atoms with Gasteiger partial charge in [0.2, 0.25) is 5.91 Å². The summed E-state index contributed by atoms with van der Waals surface area (Å²) in [5.74, 6) is 3.72. The molecule has 4 saturated carbocycles. The van der Waals surface area contributed by atoms with Gasteiger partial charge in [0.1, 0.15) is 0 Å². The Labute approximate surface area is 221 Å². The van der Waals surface area contributed by atoms with Crippen LogP contribution in [-0.2, 0) is 4.79 Å². The lowest BCUT2D eigenvalue weighted by atomic mass is 9.43. The van der Waals surface area contributed by atoms with E-state index in [1.54, 1.807) is 0 Å². The van der Waals surface area contributed by atoms with E-state index in [4.69, 9.17) is 0 Å². The molecular weight excluding hydrogens is 448 g/mol. The van der Waals surface area contributed by atoms with Crippen molar-refractivity contribution >= 4 is 5.91 Å². The van der Waals surface area contributed by atoms with E-state index in [0.717, 1.165) is 68.6 Å². The third-order valence-corrected chi connectivity index (χ3v) is 12.4. The Hall–Kier alpha value is -0.650. The number of hydrogen-bond donors (Lipinski definition) is 3. The van der Waals surface area contributed by atoms with Crippen LogP contribution in [-0.4, -0.2) is 66.5 Å². The van der Waals surface area contributed by atoms with Crippen molar-refractivity contribution in [1.29, 1.82) is 0 Å². The van der Waals surface area contributed by atoms with Crippen LogP contribution >= 0.6 is 0 Å². The van der Waals surface area contributed by atoms with E-state index >= 15 is 0 Å². The van der Waals surface area contributed by atoms with E-state index in [1.165, 1.54) is 25.7 Å². The smallest absolute Gasteiger partial charge is 0.220 e. The molecule has 36 heavy (non-hydrogen) atoms. The molecule has 208 valence electrons. The molecule has 5 heteroatoms. The third-order valence-electron chi connectivity index (χ3n) is 12.4. The van der Waals surface area contributed by atoms with Gasteiger partial charge >= 0.3 is 0 Å². The van der Waals surface area contributed by atoms with Crippen molar-refractivity contribution < 1.29 is 19.5 Å². The number of fused-ring (bicyclic) bond motifs is 5. The maximum atomic E-state index is 12.6. The molecule has 4 aliphatic rings. The molecule has 5 nitrogen and oxygen atoms in total. The number of carbonyl (C=O) groups is 1. The lowest BCUT2D eigenvalue weighted by Crippen LogP contribution is -2.58. The van der Waals surface area contributed by atoms with Gasteiger partial charge in [-0.25, -0.2) is 0 Å². The summed E-state index contributed by atoms with van der Waals surface area (Å²) in [7, 11) is 4.48. The predicted molar refractivity (Wildman–Crippen MR) is 146 cm³/mol. The molecule has 3 N–H and O–H groups in total. The number of quaternary nitrogens is 1. The molecule has 1 amide bonds. The number of nitrogens with zero attached hydrogens (tertiary/aromatic N) is 1. The number of aliphatic hydroxyl groups excluding tert-OH is 2. The second kappa shape index (κ2) is 10.8. The van der Waals surface area contributed by atoms with Crippen molar-refractivity contribution in [2.24, 2.45) is 46.3 Å². The van der Waals surface area contributed by atoms with Crippen molar-refractivity contribution in [3.05, 3.63) is 0 Å². The first kappa shape index (κ1) is 28.4. The van der Waals surface area contributed by atoms with E-state index in [9.17, 15) is 15.0 Å². The fourth-order valence-corrected chi connectivity index (χ4v) is 9.70. The van der Waals surface area contributed by atoms with Gasteiger partial charge in [-0.05, 0) is 111 Å². The van der Waals surface area contributed by atoms with Crippen molar-refractivity contribution in [3.8, 4) is 0 Å². The number of aliphatic hydroxyl groups is 2. The lowest BCUT2D eigenvalue weighted by molar-refractivity contribution is -0.888. The molecule has 0 heterocycles. The quantitative estimate of drug-likeness (QED) is 0.305. The maximum Gasteiger partial charge on any atom is 0.220 e. The largest absolute Gasteiger partial charge is 0.393 e. The summed E-state index contributed by atoms with van der Waals surface area (Å²) in [4.78, 5) is 12.6. The summed E-state index contributed by atoms with van der Waals surface area (Å²) in [6.07, 6.45) is 11.1. The Morgan fingerprint density at radius 2 is 1.81 bits per heavy atom. The summed E-state index contributed by atoms with van der Waals surface area (Å²) in [5.41, 5.74) is 0.273. The molecule has 4 aliphatic carbocycles. The highest BCUT2D eigenvalue weighted by atomic mass is 16.3. The maximum absolute atomic E-state index is 12.6. The molecule has 0 spiro atoms. The number of nitrogens with one attached hydrogen (secondary N) is 1. The Morgan fingerprint density at radius 1 is 1.06 bits per heavy atom. The van der Waals surface area contributed by atoms with Crippen LogP contribution in [0.5, 0.6) is 0 Å². The number of carbonyl (C=O) groups excluding carboxylic acids is 1. The summed E-state index contributed by atoms with van der Waals surface area (Å²) in [5, 5.41) is 25.2. The van der Waals surface area contributed by atoms with Crippen LogP contribution < -0.4 is 5.32 Å². The van der Waals surface area contributed by atoms with Crippen LogP contribution in [0.2, 0.25) is 0 Å². The lowest BCUT2D eigenvalue weighted by Gasteiger charge is -2.62. The first-order valence-electron chi connectivity index (χ1n) is 15.4. The second-order valence-electron chi connectivity index (χ2n) is 14.6. The van der Waals surface area contributed by atoms with Crippen LogP contribution in [0.25, 0.3) is 0 Å². The third kappa shape index (κ3) is 5.27. The van der Waals surface area contributed by atoms with Crippen molar-refractivity contribution in [2.75, 3.05) is 33.7 Å². The van der Waals surface area contributed by atoms with Gasteiger partial charge in [0.15, 0.2) is 0 Å². The second-order valence-corrected chi connectivity index (χ2v) is 14.6. The highest BCUT2D eigenvalue weighted by Gasteiger charge is 2.63. The van der Waals surface area contributed by atoms with E-state index in [1.807, 2.05) is 0 Å². The van der Waals surface area contributed by atoms with Gasteiger partial charge in [0.25, 0.3) is 0 Å². The van der Waals surface area contributed by atoms with Crippen LogP contribution in [0.15, 0.2) is 0 Å². The SMILES string of the molecule is CC[N+](C)(C)CCCNC(=O)CCC(C)[C@H]1CCC2C3CCC4C[C@H](O)CC[C@]4(C)C3C[C@H](O)[C@@]21C. The van der Waals surface area contributed by atoms with E-state index in [-0.39, 0.29) is 28.9 Å². The van der Waals surface area contributed by atoms with E-state index in [2.05, 4.69) is 47.1 Å². The van der Waals surface area contributed by atoms with Crippen LogP contribution in [0.1, 0.15) is 98.3 Å².